The summed E-state index contributed by atoms with van der Waals surface area (Å²) in [5, 5.41) is 14.0. The Hall–Kier alpha value is -2.07. The Morgan fingerprint density at radius 3 is 2.32 bits per heavy atom. The number of ether oxygens (including phenoxy) is 1. The van der Waals surface area contributed by atoms with Crippen LogP contribution in [0.4, 0.5) is 4.79 Å². The van der Waals surface area contributed by atoms with Crippen LogP contribution in [0.3, 0.4) is 0 Å². The van der Waals surface area contributed by atoms with E-state index in [1.54, 1.807) is 12.0 Å². The van der Waals surface area contributed by atoms with Crippen LogP contribution in [0.2, 0.25) is 0 Å². The summed E-state index contributed by atoms with van der Waals surface area (Å²) < 4.78 is 5.46. The number of nitriles is 1. The summed E-state index contributed by atoms with van der Waals surface area (Å²) in [4.78, 5) is 26.6. The Bertz CT molecular complexity index is 550. The summed E-state index contributed by atoms with van der Waals surface area (Å²) in [6.07, 6.45) is 4.39. The molecule has 160 valence electrons. The maximum atomic E-state index is 12.7. The van der Waals surface area contributed by atoms with Crippen LogP contribution in [-0.4, -0.2) is 49.2 Å². The zero-order valence-corrected chi connectivity index (χ0v) is 18.5. The van der Waals surface area contributed by atoms with Crippen molar-refractivity contribution >= 4 is 11.9 Å². The van der Waals surface area contributed by atoms with Gasteiger partial charge in [0, 0.05) is 19.9 Å². The van der Waals surface area contributed by atoms with Crippen molar-refractivity contribution in [1.82, 2.24) is 15.5 Å². The number of urea groups is 1. The largest absolute Gasteiger partial charge is 0.381 e. The van der Waals surface area contributed by atoms with E-state index in [4.69, 9.17) is 10.00 Å². The van der Waals surface area contributed by atoms with Crippen molar-refractivity contribution in [1.29, 1.82) is 5.26 Å². The van der Waals surface area contributed by atoms with Gasteiger partial charge < -0.3 is 20.3 Å². The number of nitrogens with one attached hydrogen (secondary N) is 2. The van der Waals surface area contributed by atoms with E-state index in [1.165, 1.54) is 0 Å². The van der Waals surface area contributed by atoms with Crippen molar-refractivity contribution in [3.8, 4) is 6.07 Å². The Kier molecular flexibility index (Phi) is 13.0. The van der Waals surface area contributed by atoms with Crippen LogP contribution in [0.5, 0.6) is 0 Å². The van der Waals surface area contributed by atoms with Crippen LogP contribution in [0.1, 0.15) is 60.8 Å². The average Bonchev–Trinajstić information content (AvgIpc) is 2.66. The van der Waals surface area contributed by atoms with E-state index in [1.807, 2.05) is 40.0 Å². The summed E-state index contributed by atoms with van der Waals surface area (Å²) >= 11 is 0. The van der Waals surface area contributed by atoms with E-state index in [0.29, 0.717) is 13.0 Å². The molecule has 7 heteroatoms. The first-order valence-electron chi connectivity index (χ1n) is 10.1. The van der Waals surface area contributed by atoms with Gasteiger partial charge in [-0.1, -0.05) is 33.3 Å². The highest BCUT2D eigenvalue weighted by Crippen LogP contribution is 2.20. The Balaban J connectivity index is 5.15. The summed E-state index contributed by atoms with van der Waals surface area (Å²) in [6, 6.07) is 0.901. The van der Waals surface area contributed by atoms with Crippen LogP contribution < -0.4 is 10.6 Å². The number of nitrogens with zero attached hydrogens (tertiary/aromatic N) is 2. The Labute approximate surface area is 170 Å². The second-order valence-electron chi connectivity index (χ2n) is 7.57. The first kappa shape index (κ1) is 25.9. The number of rotatable bonds is 12. The zero-order chi connectivity index (χ0) is 21.7. The van der Waals surface area contributed by atoms with Gasteiger partial charge in [-0.05, 0) is 44.9 Å². The fourth-order valence-electron chi connectivity index (χ4n) is 2.86. The van der Waals surface area contributed by atoms with E-state index in [2.05, 4.69) is 24.5 Å². The molecule has 7 nitrogen and oxygen atoms in total. The van der Waals surface area contributed by atoms with Gasteiger partial charge in [0.2, 0.25) is 5.91 Å². The molecule has 0 aliphatic carbocycles. The van der Waals surface area contributed by atoms with Crippen LogP contribution in [0, 0.1) is 23.2 Å². The molecule has 0 aliphatic rings. The topological polar surface area (TPSA) is 94.5 Å². The lowest BCUT2D eigenvalue weighted by atomic mass is 9.95. The van der Waals surface area contributed by atoms with Gasteiger partial charge in [-0.25, -0.2) is 4.79 Å². The van der Waals surface area contributed by atoms with Gasteiger partial charge in [0.1, 0.15) is 12.6 Å². The number of methoxy groups -OCH3 is 1. The smallest absolute Gasteiger partial charge is 0.322 e. The fourth-order valence-corrected chi connectivity index (χ4v) is 2.86. The summed E-state index contributed by atoms with van der Waals surface area (Å²) in [5.74, 6) is 0.169. The summed E-state index contributed by atoms with van der Waals surface area (Å²) in [5.41, 5.74) is 1.09. The van der Waals surface area contributed by atoms with Crippen LogP contribution in [-0.2, 0) is 9.53 Å². The first-order chi connectivity index (χ1) is 13.2. The molecular weight excluding hydrogens is 356 g/mol. The number of carbonyl (C=O) groups is 2. The maximum absolute atomic E-state index is 12.7. The van der Waals surface area contributed by atoms with E-state index in [0.717, 1.165) is 18.4 Å². The summed E-state index contributed by atoms with van der Waals surface area (Å²) in [6.45, 7) is 12.5. The number of hydrogen-bond acceptors (Lipinski definition) is 4. The van der Waals surface area contributed by atoms with Crippen LogP contribution in [0.15, 0.2) is 11.8 Å². The molecule has 0 aromatic heterocycles. The van der Waals surface area contributed by atoms with E-state index < -0.39 is 6.04 Å². The lowest BCUT2D eigenvalue weighted by molar-refractivity contribution is -0.123. The number of hydrogen-bond donors (Lipinski definition) is 2. The van der Waals surface area contributed by atoms with E-state index in [9.17, 15) is 9.59 Å². The molecule has 0 bridgehead atoms. The van der Waals surface area contributed by atoms with Gasteiger partial charge in [-0.15, -0.1) is 0 Å². The zero-order valence-electron chi connectivity index (χ0n) is 18.5. The number of carbonyl (C=O) groups excluding carboxylic acids is 2. The Morgan fingerprint density at radius 2 is 1.86 bits per heavy atom. The SMILES string of the molecule is CCC(CC(C)/C(C)=C/N(CC)C(=O)NC(CC(C)C)C(=O)NCC#N)OC. The molecule has 3 atom stereocenters. The highest BCUT2D eigenvalue weighted by molar-refractivity contribution is 5.87. The molecule has 0 saturated heterocycles. The highest BCUT2D eigenvalue weighted by Gasteiger charge is 2.24. The molecule has 3 amide bonds. The third kappa shape index (κ3) is 9.75. The minimum atomic E-state index is -0.668. The molecule has 0 aliphatic heterocycles. The van der Waals surface area contributed by atoms with Gasteiger partial charge in [0.05, 0.1) is 12.2 Å². The maximum Gasteiger partial charge on any atom is 0.322 e. The molecule has 0 fully saturated rings. The standard InChI is InChI=1S/C21H38N4O3/c1-8-18(28-7)13-16(5)17(6)14-25(9-2)21(27)24-19(12-15(3)4)20(26)23-11-10-22/h14-16,18-19H,8-9,11-13H2,1-7H3,(H,23,26)(H,24,27)/b17-14+. The van der Waals surface area contributed by atoms with E-state index in [-0.39, 0.29) is 36.4 Å². The first-order valence-corrected chi connectivity index (χ1v) is 10.1. The molecule has 3 unspecified atom stereocenters. The Morgan fingerprint density at radius 1 is 1.21 bits per heavy atom. The van der Waals surface area contributed by atoms with Gasteiger partial charge in [0.25, 0.3) is 0 Å². The predicted octanol–water partition coefficient (Wildman–Crippen LogP) is 3.43. The number of allylic oxidation sites excluding steroid dienone is 1. The van der Waals surface area contributed by atoms with Crippen molar-refractivity contribution in [2.75, 3.05) is 20.2 Å². The molecule has 0 radical (unpaired) electrons. The molecule has 28 heavy (non-hydrogen) atoms. The van der Waals surface area contributed by atoms with Gasteiger partial charge >= 0.3 is 6.03 Å². The van der Waals surface area contributed by atoms with Crippen LogP contribution >= 0.6 is 0 Å². The van der Waals surface area contributed by atoms with Gasteiger partial charge in [0.15, 0.2) is 0 Å². The van der Waals surface area contributed by atoms with Gasteiger partial charge in [-0.3, -0.25) is 4.79 Å². The average molecular weight is 395 g/mol. The number of amides is 3. The molecular formula is C21H38N4O3. The van der Waals surface area contributed by atoms with Crippen molar-refractivity contribution < 1.29 is 14.3 Å². The predicted molar refractivity (Wildman–Crippen MR) is 111 cm³/mol. The molecule has 2 N–H and O–H groups in total. The molecule has 0 spiro atoms. The second kappa shape index (κ2) is 14.0. The lowest BCUT2D eigenvalue weighted by Crippen LogP contribution is -2.50. The quantitative estimate of drug-likeness (QED) is 0.496. The normalized spacial score (nSPS) is 14.8. The molecule has 0 rings (SSSR count). The molecule has 0 aromatic carbocycles. The molecule has 0 saturated carbocycles. The summed E-state index contributed by atoms with van der Waals surface area (Å²) in [7, 11) is 1.72. The third-order valence-corrected chi connectivity index (χ3v) is 4.81. The minimum Gasteiger partial charge on any atom is -0.381 e. The third-order valence-electron chi connectivity index (χ3n) is 4.81. The van der Waals surface area contributed by atoms with Crippen molar-refractivity contribution in [3.05, 3.63) is 11.8 Å². The van der Waals surface area contributed by atoms with Gasteiger partial charge in [-0.2, -0.15) is 5.26 Å². The fraction of sp³-hybridized carbons (Fsp3) is 0.762. The highest BCUT2D eigenvalue weighted by atomic mass is 16.5. The lowest BCUT2D eigenvalue weighted by Gasteiger charge is -2.25. The van der Waals surface area contributed by atoms with Crippen LogP contribution in [0.25, 0.3) is 0 Å². The van der Waals surface area contributed by atoms with Crippen molar-refractivity contribution in [2.45, 2.75) is 73.0 Å². The molecule has 0 heterocycles. The second-order valence-corrected chi connectivity index (χ2v) is 7.57. The molecule has 0 aromatic rings. The monoisotopic (exact) mass is 394 g/mol. The van der Waals surface area contributed by atoms with Crippen molar-refractivity contribution in [3.63, 3.8) is 0 Å². The van der Waals surface area contributed by atoms with E-state index >= 15 is 0 Å². The minimum absolute atomic E-state index is 0.0740. The van der Waals surface area contributed by atoms with Crippen molar-refractivity contribution in [2.24, 2.45) is 11.8 Å².